The van der Waals surface area contributed by atoms with Crippen molar-refractivity contribution in [3.05, 3.63) is 35.1 Å². The fraction of sp³-hybridized carbons (Fsp3) is 0. The Balaban J connectivity index is 3.31. The molecule has 0 heterocycles. The van der Waals surface area contributed by atoms with Gasteiger partial charge in [-0.1, -0.05) is 24.3 Å². The standard InChI is InChI=1S/C8H7ClFN/c1-2-5-3-6(9)7(10)4-8(5)11/h2-4H,1,11H2. The third-order valence-corrected chi connectivity index (χ3v) is 1.64. The highest BCUT2D eigenvalue weighted by Gasteiger charge is 2.02. The molecule has 0 radical (unpaired) electrons. The van der Waals surface area contributed by atoms with Crippen molar-refractivity contribution in [2.45, 2.75) is 0 Å². The van der Waals surface area contributed by atoms with E-state index < -0.39 is 5.82 Å². The Morgan fingerprint density at radius 1 is 1.55 bits per heavy atom. The Morgan fingerprint density at radius 3 is 2.73 bits per heavy atom. The van der Waals surface area contributed by atoms with Gasteiger partial charge in [0.15, 0.2) is 0 Å². The van der Waals surface area contributed by atoms with Crippen molar-refractivity contribution in [2.24, 2.45) is 0 Å². The summed E-state index contributed by atoms with van der Waals surface area (Å²) in [4.78, 5) is 0. The number of nitrogen functional groups attached to an aromatic ring is 1. The molecule has 0 saturated heterocycles. The quantitative estimate of drug-likeness (QED) is 0.646. The normalized spacial score (nSPS) is 9.64. The molecular formula is C8H7ClFN. The van der Waals surface area contributed by atoms with Crippen LogP contribution >= 0.6 is 11.6 Å². The molecule has 1 rings (SSSR count). The first-order valence-corrected chi connectivity index (χ1v) is 3.40. The van der Waals surface area contributed by atoms with Crippen LogP contribution in [0.3, 0.4) is 0 Å². The third kappa shape index (κ3) is 1.52. The highest BCUT2D eigenvalue weighted by Crippen LogP contribution is 2.22. The lowest BCUT2D eigenvalue weighted by Crippen LogP contribution is -1.90. The molecule has 0 saturated carbocycles. The summed E-state index contributed by atoms with van der Waals surface area (Å²) < 4.78 is 12.6. The zero-order valence-electron chi connectivity index (χ0n) is 5.77. The molecule has 11 heavy (non-hydrogen) atoms. The van der Waals surface area contributed by atoms with E-state index in [4.69, 9.17) is 17.3 Å². The van der Waals surface area contributed by atoms with Crippen LogP contribution in [0.1, 0.15) is 5.56 Å². The van der Waals surface area contributed by atoms with Crippen LogP contribution in [0, 0.1) is 5.82 Å². The zero-order chi connectivity index (χ0) is 8.43. The number of benzene rings is 1. The van der Waals surface area contributed by atoms with Gasteiger partial charge in [-0.3, -0.25) is 0 Å². The van der Waals surface area contributed by atoms with Gasteiger partial charge in [0.25, 0.3) is 0 Å². The lowest BCUT2D eigenvalue weighted by Gasteiger charge is -2.00. The SMILES string of the molecule is C=Cc1cc(Cl)c(F)cc1N. The molecule has 0 aliphatic carbocycles. The Bertz CT molecular complexity index is 296. The molecule has 0 aromatic heterocycles. The van der Waals surface area contributed by atoms with Crippen molar-refractivity contribution in [2.75, 3.05) is 5.73 Å². The monoisotopic (exact) mass is 171 g/mol. The van der Waals surface area contributed by atoms with Crippen LogP contribution in [0.2, 0.25) is 5.02 Å². The van der Waals surface area contributed by atoms with Gasteiger partial charge in [-0.25, -0.2) is 4.39 Å². The van der Waals surface area contributed by atoms with Crippen molar-refractivity contribution in [3.8, 4) is 0 Å². The average molecular weight is 172 g/mol. The van der Waals surface area contributed by atoms with Crippen molar-refractivity contribution >= 4 is 23.4 Å². The second kappa shape index (κ2) is 2.93. The molecule has 2 N–H and O–H groups in total. The van der Waals surface area contributed by atoms with E-state index in [1.807, 2.05) is 0 Å². The molecule has 0 spiro atoms. The number of nitrogens with two attached hydrogens (primary N) is 1. The lowest BCUT2D eigenvalue weighted by atomic mass is 10.2. The second-order valence-corrected chi connectivity index (χ2v) is 2.51. The molecule has 0 aliphatic heterocycles. The number of hydrogen-bond acceptors (Lipinski definition) is 1. The van der Waals surface area contributed by atoms with Gasteiger partial charge in [-0.15, -0.1) is 0 Å². The zero-order valence-corrected chi connectivity index (χ0v) is 6.53. The van der Waals surface area contributed by atoms with E-state index in [1.54, 1.807) is 0 Å². The highest BCUT2D eigenvalue weighted by atomic mass is 35.5. The molecule has 0 bridgehead atoms. The number of rotatable bonds is 1. The first-order valence-electron chi connectivity index (χ1n) is 3.02. The molecule has 1 nitrogen and oxygen atoms in total. The molecule has 1 aromatic carbocycles. The minimum absolute atomic E-state index is 0.0640. The van der Waals surface area contributed by atoms with E-state index in [-0.39, 0.29) is 5.02 Å². The van der Waals surface area contributed by atoms with E-state index >= 15 is 0 Å². The van der Waals surface area contributed by atoms with E-state index in [0.29, 0.717) is 11.3 Å². The molecule has 1 aromatic rings. The summed E-state index contributed by atoms with van der Waals surface area (Å²) in [5.41, 5.74) is 6.43. The lowest BCUT2D eigenvalue weighted by molar-refractivity contribution is 0.629. The van der Waals surface area contributed by atoms with Gasteiger partial charge in [0, 0.05) is 5.69 Å². The Kier molecular flexibility index (Phi) is 2.15. The van der Waals surface area contributed by atoms with E-state index in [1.165, 1.54) is 18.2 Å². The summed E-state index contributed by atoms with van der Waals surface area (Å²) >= 11 is 5.49. The number of halogens is 2. The van der Waals surface area contributed by atoms with Gasteiger partial charge in [0.05, 0.1) is 5.02 Å². The fourth-order valence-corrected chi connectivity index (χ4v) is 0.926. The van der Waals surface area contributed by atoms with Crippen LogP contribution in [0.15, 0.2) is 18.7 Å². The molecule has 3 heteroatoms. The molecule has 0 aliphatic rings. The summed E-state index contributed by atoms with van der Waals surface area (Å²) in [7, 11) is 0. The average Bonchev–Trinajstić information content (AvgIpc) is 1.97. The largest absolute Gasteiger partial charge is 0.398 e. The van der Waals surface area contributed by atoms with Crippen molar-refractivity contribution < 1.29 is 4.39 Å². The summed E-state index contributed by atoms with van der Waals surface area (Å²) in [6, 6.07) is 2.62. The first kappa shape index (κ1) is 8.08. The maximum atomic E-state index is 12.6. The maximum Gasteiger partial charge on any atom is 0.143 e. The predicted octanol–water partition coefficient (Wildman–Crippen LogP) is 2.70. The maximum absolute atomic E-state index is 12.6. The molecule has 0 atom stereocenters. The molecule has 0 fully saturated rings. The van der Waals surface area contributed by atoms with Gasteiger partial charge in [-0.05, 0) is 17.7 Å². The van der Waals surface area contributed by atoms with Gasteiger partial charge >= 0.3 is 0 Å². The Labute approximate surface area is 69.3 Å². The van der Waals surface area contributed by atoms with Crippen LogP contribution in [-0.2, 0) is 0 Å². The number of hydrogen-bond donors (Lipinski definition) is 1. The minimum atomic E-state index is -0.505. The van der Waals surface area contributed by atoms with Crippen LogP contribution in [0.4, 0.5) is 10.1 Å². The van der Waals surface area contributed by atoms with Gasteiger partial charge in [0.2, 0.25) is 0 Å². The predicted molar refractivity (Wildman–Crippen MR) is 45.9 cm³/mol. The minimum Gasteiger partial charge on any atom is -0.398 e. The summed E-state index contributed by atoms with van der Waals surface area (Å²) in [5, 5.41) is 0.0640. The summed E-state index contributed by atoms with van der Waals surface area (Å²) in [5.74, 6) is -0.505. The molecule has 0 unspecified atom stereocenters. The Hall–Kier alpha value is -1.02. The smallest absolute Gasteiger partial charge is 0.143 e. The Morgan fingerprint density at radius 2 is 2.18 bits per heavy atom. The molecular weight excluding hydrogens is 165 g/mol. The van der Waals surface area contributed by atoms with Crippen LogP contribution < -0.4 is 5.73 Å². The second-order valence-electron chi connectivity index (χ2n) is 2.10. The van der Waals surface area contributed by atoms with Crippen molar-refractivity contribution in [1.29, 1.82) is 0 Å². The van der Waals surface area contributed by atoms with Crippen molar-refractivity contribution in [3.63, 3.8) is 0 Å². The van der Waals surface area contributed by atoms with E-state index in [0.717, 1.165) is 0 Å². The molecule has 58 valence electrons. The highest BCUT2D eigenvalue weighted by molar-refractivity contribution is 6.31. The van der Waals surface area contributed by atoms with Gasteiger partial charge in [-0.2, -0.15) is 0 Å². The van der Waals surface area contributed by atoms with E-state index in [2.05, 4.69) is 6.58 Å². The third-order valence-electron chi connectivity index (χ3n) is 1.35. The number of anilines is 1. The van der Waals surface area contributed by atoms with E-state index in [9.17, 15) is 4.39 Å². The van der Waals surface area contributed by atoms with Gasteiger partial charge in [0.1, 0.15) is 5.82 Å². The molecule has 0 amide bonds. The van der Waals surface area contributed by atoms with Crippen molar-refractivity contribution in [1.82, 2.24) is 0 Å². The van der Waals surface area contributed by atoms with Crippen LogP contribution in [0.5, 0.6) is 0 Å². The first-order chi connectivity index (χ1) is 5.15. The summed E-state index contributed by atoms with van der Waals surface area (Å²) in [6.07, 6.45) is 1.53. The summed E-state index contributed by atoms with van der Waals surface area (Å²) in [6.45, 7) is 3.50. The van der Waals surface area contributed by atoms with Crippen LogP contribution in [-0.4, -0.2) is 0 Å². The topological polar surface area (TPSA) is 26.0 Å². The van der Waals surface area contributed by atoms with Crippen LogP contribution in [0.25, 0.3) is 6.08 Å². The van der Waals surface area contributed by atoms with Gasteiger partial charge < -0.3 is 5.73 Å². The fourth-order valence-electron chi connectivity index (χ4n) is 0.754.